The predicted molar refractivity (Wildman–Crippen MR) is 72.5 cm³/mol. The third-order valence-corrected chi connectivity index (χ3v) is 3.13. The Labute approximate surface area is 113 Å². The summed E-state index contributed by atoms with van der Waals surface area (Å²) in [4.78, 5) is 4.25. The SMILES string of the molecule is CO[C@H]1C[C@@H](Oc2ncc(Cl)cc2NC(C)C)C1. The molecule has 0 atom stereocenters. The molecule has 1 aromatic rings. The smallest absolute Gasteiger partial charge is 0.237 e. The molecule has 5 heteroatoms. The molecule has 0 aromatic carbocycles. The number of nitrogens with one attached hydrogen (secondary N) is 1. The summed E-state index contributed by atoms with van der Waals surface area (Å²) in [5.74, 6) is 0.618. The molecule has 1 N–H and O–H groups in total. The van der Waals surface area contributed by atoms with Crippen LogP contribution in [0.4, 0.5) is 5.69 Å². The topological polar surface area (TPSA) is 43.4 Å². The van der Waals surface area contributed by atoms with Gasteiger partial charge < -0.3 is 14.8 Å². The van der Waals surface area contributed by atoms with Gasteiger partial charge in [-0.2, -0.15) is 0 Å². The van der Waals surface area contributed by atoms with E-state index in [-0.39, 0.29) is 6.10 Å². The lowest BCUT2D eigenvalue weighted by Crippen LogP contribution is -2.39. The highest BCUT2D eigenvalue weighted by molar-refractivity contribution is 6.30. The minimum atomic E-state index is 0.191. The normalized spacial score (nSPS) is 22.7. The molecule has 2 rings (SSSR count). The van der Waals surface area contributed by atoms with E-state index in [9.17, 15) is 0 Å². The number of aromatic nitrogens is 1. The second-order valence-electron chi connectivity index (χ2n) is 4.87. The van der Waals surface area contributed by atoms with Crippen LogP contribution in [0.3, 0.4) is 0 Å². The fourth-order valence-electron chi connectivity index (χ4n) is 1.90. The van der Waals surface area contributed by atoms with Crippen molar-refractivity contribution < 1.29 is 9.47 Å². The van der Waals surface area contributed by atoms with Crippen LogP contribution in [-0.2, 0) is 4.74 Å². The first-order valence-corrected chi connectivity index (χ1v) is 6.57. The number of rotatable bonds is 5. The third kappa shape index (κ3) is 3.27. The van der Waals surface area contributed by atoms with Gasteiger partial charge in [0.25, 0.3) is 0 Å². The number of nitrogens with zero attached hydrogens (tertiary/aromatic N) is 1. The fraction of sp³-hybridized carbons (Fsp3) is 0.615. The van der Waals surface area contributed by atoms with Gasteiger partial charge in [-0.05, 0) is 19.9 Å². The van der Waals surface area contributed by atoms with Gasteiger partial charge >= 0.3 is 0 Å². The summed E-state index contributed by atoms with van der Waals surface area (Å²) in [5, 5.41) is 3.90. The van der Waals surface area contributed by atoms with Crippen molar-refractivity contribution in [2.75, 3.05) is 12.4 Å². The van der Waals surface area contributed by atoms with Crippen LogP contribution in [0.15, 0.2) is 12.3 Å². The molecule has 4 nitrogen and oxygen atoms in total. The van der Waals surface area contributed by atoms with Crippen molar-refractivity contribution in [2.45, 2.75) is 44.9 Å². The van der Waals surface area contributed by atoms with E-state index in [0.29, 0.717) is 23.0 Å². The molecule has 1 fully saturated rings. The van der Waals surface area contributed by atoms with Crippen molar-refractivity contribution in [1.29, 1.82) is 0 Å². The van der Waals surface area contributed by atoms with E-state index in [1.54, 1.807) is 13.3 Å². The van der Waals surface area contributed by atoms with E-state index in [2.05, 4.69) is 24.1 Å². The van der Waals surface area contributed by atoms with Crippen molar-refractivity contribution >= 4 is 17.3 Å². The van der Waals surface area contributed by atoms with Gasteiger partial charge in [0.15, 0.2) is 0 Å². The Morgan fingerprint density at radius 3 is 2.72 bits per heavy atom. The maximum Gasteiger partial charge on any atom is 0.237 e. The first-order valence-electron chi connectivity index (χ1n) is 6.20. The zero-order valence-electron chi connectivity index (χ0n) is 10.9. The van der Waals surface area contributed by atoms with Crippen LogP contribution in [0.25, 0.3) is 0 Å². The number of pyridine rings is 1. The summed E-state index contributed by atoms with van der Waals surface area (Å²) in [6, 6.07) is 2.15. The predicted octanol–water partition coefficient (Wildman–Crippen LogP) is 3.11. The van der Waals surface area contributed by atoms with Gasteiger partial charge in [-0.15, -0.1) is 0 Å². The first-order chi connectivity index (χ1) is 8.58. The van der Waals surface area contributed by atoms with Gasteiger partial charge in [0.2, 0.25) is 5.88 Å². The van der Waals surface area contributed by atoms with E-state index in [4.69, 9.17) is 21.1 Å². The molecule has 1 aliphatic rings. The summed E-state index contributed by atoms with van der Waals surface area (Å²) in [5.41, 5.74) is 0.846. The van der Waals surface area contributed by atoms with E-state index < -0.39 is 0 Å². The maximum absolute atomic E-state index is 5.95. The van der Waals surface area contributed by atoms with Crippen molar-refractivity contribution in [1.82, 2.24) is 4.98 Å². The number of hydrogen-bond donors (Lipinski definition) is 1. The maximum atomic E-state index is 5.95. The number of hydrogen-bond acceptors (Lipinski definition) is 4. The van der Waals surface area contributed by atoms with E-state index in [1.165, 1.54) is 0 Å². The molecule has 1 aliphatic carbocycles. The zero-order chi connectivity index (χ0) is 13.1. The van der Waals surface area contributed by atoms with Crippen LogP contribution < -0.4 is 10.1 Å². The quantitative estimate of drug-likeness (QED) is 0.893. The number of halogens is 1. The Morgan fingerprint density at radius 1 is 1.39 bits per heavy atom. The van der Waals surface area contributed by atoms with Crippen molar-refractivity contribution in [2.24, 2.45) is 0 Å². The third-order valence-electron chi connectivity index (χ3n) is 2.93. The van der Waals surface area contributed by atoms with Gasteiger partial charge in [-0.25, -0.2) is 4.98 Å². The van der Waals surface area contributed by atoms with Crippen molar-refractivity contribution in [3.8, 4) is 5.88 Å². The summed E-state index contributed by atoms with van der Waals surface area (Å²) in [6.07, 6.45) is 3.96. The Balaban J connectivity index is 2.03. The molecule has 0 radical (unpaired) electrons. The minimum absolute atomic E-state index is 0.191. The average Bonchev–Trinajstić information content (AvgIpc) is 2.24. The molecule has 0 spiro atoms. The van der Waals surface area contributed by atoms with Crippen molar-refractivity contribution in [3.63, 3.8) is 0 Å². The zero-order valence-corrected chi connectivity index (χ0v) is 11.7. The van der Waals surface area contributed by atoms with Crippen LogP contribution in [-0.4, -0.2) is 30.3 Å². The molecule has 0 unspecified atom stereocenters. The molecule has 0 bridgehead atoms. The monoisotopic (exact) mass is 270 g/mol. The first kappa shape index (κ1) is 13.4. The highest BCUT2D eigenvalue weighted by Gasteiger charge is 2.31. The van der Waals surface area contributed by atoms with Crippen LogP contribution in [0.5, 0.6) is 5.88 Å². The largest absolute Gasteiger partial charge is 0.473 e. The Bertz CT molecular complexity index is 406. The molecular weight excluding hydrogens is 252 g/mol. The summed E-state index contributed by atoms with van der Waals surface area (Å²) >= 11 is 5.95. The van der Waals surface area contributed by atoms with Gasteiger partial charge in [0.05, 0.1) is 16.8 Å². The van der Waals surface area contributed by atoms with Gasteiger partial charge in [-0.1, -0.05) is 11.6 Å². The highest BCUT2D eigenvalue weighted by Crippen LogP contribution is 2.32. The Kier molecular flexibility index (Phi) is 4.30. The molecule has 0 amide bonds. The Morgan fingerprint density at radius 2 is 2.11 bits per heavy atom. The van der Waals surface area contributed by atoms with Crippen LogP contribution in [0.1, 0.15) is 26.7 Å². The minimum Gasteiger partial charge on any atom is -0.473 e. The average molecular weight is 271 g/mol. The van der Waals surface area contributed by atoms with Gasteiger partial charge in [0, 0.05) is 32.2 Å². The summed E-state index contributed by atoms with van der Waals surface area (Å²) in [7, 11) is 1.73. The van der Waals surface area contributed by atoms with Crippen LogP contribution in [0, 0.1) is 0 Å². The molecule has 18 heavy (non-hydrogen) atoms. The number of ether oxygens (including phenoxy) is 2. The fourth-order valence-corrected chi connectivity index (χ4v) is 2.06. The molecule has 1 heterocycles. The van der Waals surface area contributed by atoms with Gasteiger partial charge in [-0.3, -0.25) is 0 Å². The lowest BCUT2D eigenvalue weighted by atomic mass is 9.92. The lowest BCUT2D eigenvalue weighted by Gasteiger charge is -2.34. The number of methoxy groups -OCH3 is 1. The van der Waals surface area contributed by atoms with Crippen molar-refractivity contribution in [3.05, 3.63) is 17.3 Å². The summed E-state index contributed by atoms with van der Waals surface area (Å²) in [6.45, 7) is 4.13. The second kappa shape index (κ2) is 5.76. The highest BCUT2D eigenvalue weighted by atomic mass is 35.5. The second-order valence-corrected chi connectivity index (χ2v) is 5.31. The molecular formula is C13H19ClN2O2. The Hall–Kier alpha value is -1.00. The van der Waals surface area contributed by atoms with Crippen LogP contribution in [0.2, 0.25) is 5.02 Å². The molecule has 100 valence electrons. The van der Waals surface area contributed by atoms with E-state index in [1.807, 2.05) is 6.07 Å². The molecule has 0 saturated heterocycles. The van der Waals surface area contributed by atoms with E-state index >= 15 is 0 Å². The standard InChI is InChI=1S/C13H19ClN2O2/c1-8(2)16-12-4-9(14)7-15-13(12)18-11-5-10(6-11)17-3/h4,7-8,10-11,16H,5-6H2,1-3H3/t10-,11+. The summed E-state index contributed by atoms with van der Waals surface area (Å²) < 4.78 is 11.1. The molecule has 1 aromatic heterocycles. The van der Waals surface area contributed by atoms with Crippen LogP contribution >= 0.6 is 11.6 Å². The molecule has 0 aliphatic heterocycles. The van der Waals surface area contributed by atoms with E-state index in [0.717, 1.165) is 18.5 Å². The lowest BCUT2D eigenvalue weighted by molar-refractivity contribution is -0.0393. The molecule has 1 saturated carbocycles. The number of anilines is 1. The van der Waals surface area contributed by atoms with Gasteiger partial charge in [0.1, 0.15) is 6.10 Å².